The summed E-state index contributed by atoms with van der Waals surface area (Å²) in [7, 11) is 0. The van der Waals surface area contributed by atoms with Crippen LogP contribution in [-0.4, -0.2) is 42.3 Å². The van der Waals surface area contributed by atoms with Gasteiger partial charge in [-0.1, -0.05) is 12.1 Å². The molecule has 4 N–H and O–H groups in total. The van der Waals surface area contributed by atoms with Gasteiger partial charge in [-0.15, -0.1) is 0 Å². The van der Waals surface area contributed by atoms with Crippen molar-refractivity contribution < 1.29 is 37.3 Å². The summed E-state index contributed by atoms with van der Waals surface area (Å²) in [5.74, 6) is -1.24. The van der Waals surface area contributed by atoms with E-state index in [9.17, 15) is 18.0 Å². The number of carboxylic acids is 1. The number of para-hydroxylation sites is 1. The third-order valence-electron chi connectivity index (χ3n) is 3.98. The lowest BCUT2D eigenvalue weighted by molar-refractivity contribution is -0.139. The molecule has 0 spiro atoms. The van der Waals surface area contributed by atoms with E-state index in [1.54, 1.807) is 24.3 Å². The zero-order chi connectivity index (χ0) is 23.2. The number of hydrogen-bond acceptors (Lipinski definition) is 5. The number of amides is 1. The average molecular weight is 439 g/mol. The molecule has 0 bridgehead atoms. The molecule has 8 nitrogen and oxygen atoms in total. The van der Waals surface area contributed by atoms with Crippen molar-refractivity contribution in [3.8, 4) is 5.75 Å². The van der Waals surface area contributed by atoms with Crippen LogP contribution in [0, 0.1) is 5.41 Å². The number of carbonyl (C=O) groups is 2. The number of amidine groups is 1. The molecule has 166 valence electrons. The number of alkyl halides is 3. The largest absolute Gasteiger partial charge is 0.489 e. The maximum Gasteiger partial charge on any atom is 0.419 e. The minimum Gasteiger partial charge on any atom is -0.489 e. The minimum atomic E-state index is -4.53. The highest BCUT2D eigenvalue weighted by Gasteiger charge is 2.36. The van der Waals surface area contributed by atoms with E-state index in [0.717, 1.165) is 13.0 Å². The number of nitrogens with zero attached hydrogens (tertiary/aromatic N) is 1. The molecule has 11 heteroatoms. The SMILES string of the molecule is CC(=O)O.N=C(N)c1ccc(N2CC(COc3ccccc3C(F)(F)F)OC2=O)cc1. The Morgan fingerprint density at radius 2 is 1.84 bits per heavy atom. The zero-order valence-electron chi connectivity index (χ0n) is 16.3. The number of nitrogens with one attached hydrogen (secondary N) is 1. The number of cyclic esters (lactones) is 1. The van der Waals surface area contributed by atoms with Gasteiger partial charge in [0.25, 0.3) is 5.97 Å². The van der Waals surface area contributed by atoms with Crippen LogP contribution in [0.1, 0.15) is 18.1 Å². The predicted octanol–water partition coefficient (Wildman–Crippen LogP) is 3.48. The number of halogens is 3. The van der Waals surface area contributed by atoms with Gasteiger partial charge in [-0.3, -0.25) is 15.1 Å². The third kappa shape index (κ3) is 6.63. The van der Waals surface area contributed by atoms with Crippen LogP contribution in [-0.2, 0) is 15.7 Å². The second-order valence-electron chi connectivity index (χ2n) is 6.40. The van der Waals surface area contributed by atoms with Gasteiger partial charge in [-0.05, 0) is 36.4 Å². The summed E-state index contributed by atoms with van der Waals surface area (Å²) in [5.41, 5.74) is 5.54. The quantitative estimate of drug-likeness (QED) is 0.484. The first-order chi connectivity index (χ1) is 14.5. The summed E-state index contributed by atoms with van der Waals surface area (Å²) >= 11 is 0. The smallest absolute Gasteiger partial charge is 0.419 e. The van der Waals surface area contributed by atoms with E-state index in [-0.39, 0.29) is 24.7 Å². The standard InChI is InChI=1S/C18H16F3N3O3.C2H4O2/c19-18(20,21)14-3-1-2-4-15(14)26-10-13-9-24(17(25)27-13)12-7-5-11(6-8-12)16(22)23;1-2(3)4/h1-8,13H,9-10H2,(H3,22,23);1H3,(H,3,4). The Bertz CT molecular complexity index is 944. The molecule has 1 heterocycles. The van der Waals surface area contributed by atoms with E-state index in [4.69, 9.17) is 30.5 Å². The number of benzene rings is 2. The molecule has 0 aromatic heterocycles. The fourth-order valence-corrected chi connectivity index (χ4v) is 2.65. The number of nitrogens with two attached hydrogens (primary N) is 1. The monoisotopic (exact) mass is 439 g/mol. The summed E-state index contributed by atoms with van der Waals surface area (Å²) in [6.45, 7) is 1.01. The van der Waals surface area contributed by atoms with E-state index < -0.39 is 29.9 Å². The van der Waals surface area contributed by atoms with Crippen molar-refractivity contribution >= 4 is 23.6 Å². The maximum absolute atomic E-state index is 13.0. The molecule has 0 saturated carbocycles. The molecular formula is C20H20F3N3O5. The number of ether oxygens (including phenoxy) is 2. The van der Waals surface area contributed by atoms with Crippen molar-refractivity contribution in [2.45, 2.75) is 19.2 Å². The van der Waals surface area contributed by atoms with E-state index in [1.807, 2.05) is 0 Å². The van der Waals surface area contributed by atoms with E-state index in [0.29, 0.717) is 11.3 Å². The Kier molecular flexibility index (Phi) is 7.46. The highest BCUT2D eigenvalue weighted by Crippen LogP contribution is 2.36. The lowest BCUT2D eigenvalue weighted by Crippen LogP contribution is -2.27. The number of carbonyl (C=O) groups excluding carboxylic acids is 1. The van der Waals surface area contributed by atoms with Gasteiger partial charge in [0.15, 0.2) is 6.10 Å². The van der Waals surface area contributed by atoms with Crippen LogP contribution in [0.3, 0.4) is 0 Å². The van der Waals surface area contributed by atoms with Crippen molar-refractivity contribution in [3.05, 3.63) is 59.7 Å². The van der Waals surface area contributed by atoms with Crippen LogP contribution >= 0.6 is 0 Å². The maximum atomic E-state index is 13.0. The van der Waals surface area contributed by atoms with Crippen LogP contribution in [0.5, 0.6) is 5.75 Å². The Balaban J connectivity index is 0.000000785. The van der Waals surface area contributed by atoms with Crippen molar-refractivity contribution in [2.75, 3.05) is 18.1 Å². The Hall–Kier alpha value is -3.76. The number of aliphatic carboxylic acids is 1. The molecule has 1 unspecified atom stereocenters. The van der Waals surface area contributed by atoms with Gasteiger partial charge in [0.05, 0.1) is 12.1 Å². The molecule has 0 aliphatic carbocycles. The summed E-state index contributed by atoms with van der Waals surface area (Å²) in [4.78, 5) is 22.4. The second kappa shape index (κ2) is 9.83. The Morgan fingerprint density at radius 3 is 2.39 bits per heavy atom. The zero-order valence-corrected chi connectivity index (χ0v) is 16.3. The first-order valence-corrected chi connectivity index (χ1v) is 8.90. The van der Waals surface area contributed by atoms with Gasteiger partial charge in [-0.2, -0.15) is 13.2 Å². The van der Waals surface area contributed by atoms with E-state index in [1.165, 1.54) is 23.1 Å². The average Bonchev–Trinajstić information content (AvgIpc) is 3.06. The van der Waals surface area contributed by atoms with Crippen LogP contribution < -0.4 is 15.4 Å². The number of rotatable bonds is 5. The topological polar surface area (TPSA) is 126 Å². The summed E-state index contributed by atoms with van der Waals surface area (Å²) < 4.78 is 49.4. The van der Waals surface area contributed by atoms with Gasteiger partial charge in [0.1, 0.15) is 18.2 Å². The van der Waals surface area contributed by atoms with Gasteiger partial charge in [0, 0.05) is 18.2 Å². The first kappa shape index (κ1) is 23.5. The Morgan fingerprint density at radius 1 is 1.26 bits per heavy atom. The van der Waals surface area contributed by atoms with Crippen molar-refractivity contribution in [3.63, 3.8) is 0 Å². The number of carboxylic acid groups (broad SMARTS) is 1. The molecule has 1 aliphatic heterocycles. The van der Waals surface area contributed by atoms with Crippen LogP contribution in [0.2, 0.25) is 0 Å². The minimum absolute atomic E-state index is 0.0971. The molecule has 0 radical (unpaired) electrons. The number of hydrogen-bond donors (Lipinski definition) is 3. The second-order valence-corrected chi connectivity index (χ2v) is 6.40. The van der Waals surface area contributed by atoms with Gasteiger partial charge in [0.2, 0.25) is 0 Å². The molecule has 31 heavy (non-hydrogen) atoms. The number of anilines is 1. The molecule has 1 fully saturated rings. The van der Waals surface area contributed by atoms with Gasteiger partial charge in [-0.25, -0.2) is 4.79 Å². The molecule has 1 saturated heterocycles. The molecule has 1 atom stereocenters. The molecule has 1 amide bonds. The van der Waals surface area contributed by atoms with Gasteiger partial charge >= 0.3 is 12.3 Å². The van der Waals surface area contributed by atoms with E-state index in [2.05, 4.69) is 0 Å². The van der Waals surface area contributed by atoms with Gasteiger partial charge < -0.3 is 20.3 Å². The summed E-state index contributed by atoms with van der Waals surface area (Å²) in [5, 5.41) is 14.8. The molecule has 2 aromatic carbocycles. The first-order valence-electron chi connectivity index (χ1n) is 8.90. The lowest BCUT2D eigenvalue weighted by Gasteiger charge is -2.16. The molecule has 2 aromatic rings. The fourth-order valence-electron chi connectivity index (χ4n) is 2.65. The summed E-state index contributed by atoms with van der Waals surface area (Å²) in [6.07, 6.45) is -5.87. The van der Waals surface area contributed by atoms with Crippen molar-refractivity contribution in [1.29, 1.82) is 5.41 Å². The highest BCUT2D eigenvalue weighted by atomic mass is 19.4. The predicted molar refractivity (Wildman–Crippen MR) is 105 cm³/mol. The molecular weight excluding hydrogens is 419 g/mol. The lowest BCUT2D eigenvalue weighted by atomic mass is 10.2. The highest BCUT2D eigenvalue weighted by molar-refractivity contribution is 5.96. The normalized spacial score (nSPS) is 15.5. The summed E-state index contributed by atoms with van der Waals surface area (Å²) in [6, 6.07) is 11.3. The fraction of sp³-hybridized carbons (Fsp3) is 0.250. The Labute approximate surface area is 175 Å². The molecule has 3 rings (SSSR count). The number of nitrogen functional groups attached to an aromatic ring is 1. The van der Waals surface area contributed by atoms with Crippen LogP contribution in [0.25, 0.3) is 0 Å². The van der Waals surface area contributed by atoms with Crippen molar-refractivity contribution in [2.24, 2.45) is 5.73 Å². The third-order valence-corrected chi connectivity index (χ3v) is 3.98. The molecule has 1 aliphatic rings. The van der Waals surface area contributed by atoms with Crippen LogP contribution in [0.4, 0.5) is 23.7 Å². The van der Waals surface area contributed by atoms with Crippen molar-refractivity contribution in [1.82, 2.24) is 0 Å². The van der Waals surface area contributed by atoms with Crippen LogP contribution in [0.15, 0.2) is 48.5 Å². The van der Waals surface area contributed by atoms with E-state index >= 15 is 0 Å².